The molecule has 0 spiro atoms. The number of aromatic nitrogens is 3. The van der Waals surface area contributed by atoms with Crippen LogP contribution in [0.15, 0.2) is 36.4 Å². The number of nitrogens with one attached hydrogen (secondary N) is 1. The van der Waals surface area contributed by atoms with Gasteiger partial charge in [0.25, 0.3) is 5.91 Å². The molecule has 1 fully saturated rings. The van der Waals surface area contributed by atoms with Crippen molar-refractivity contribution in [1.82, 2.24) is 29.9 Å². The normalized spacial score (nSPS) is 16.2. The highest BCUT2D eigenvalue weighted by Gasteiger charge is 2.35. The molecule has 158 valence electrons. The third-order valence-corrected chi connectivity index (χ3v) is 4.85. The van der Waals surface area contributed by atoms with E-state index in [1.165, 1.54) is 18.2 Å². The Morgan fingerprint density at radius 1 is 1.07 bits per heavy atom. The fraction of sp³-hybridized carbons (Fsp3) is 0.316. The van der Waals surface area contributed by atoms with E-state index < -0.39 is 23.6 Å². The van der Waals surface area contributed by atoms with Gasteiger partial charge in [-0.3, -0.25) is 10.2 Å². The Kier molecular flexibility index (Phi) is 5.16. The van der Waals surface area contributed by atoms with Crippen LogP contribution in [0.3, 0.4) is 0 Å². The van der Waals surface area contributed by atoms with E-state index in [0.29, 0.717) is 23.2 Å². The van der Waals surface area contributed by atoms with Gasteiger partial charge in [-0.05, 0) is 37.4 Å². The Bertz CT molecular complexity index is 1070. The minimum atomic E-state index is -4.73. The molecule has 1 saturated heterocycles. The number of benzene rings is 1. The number of rotatable bonds is 3. The summed E-state index contributed by atoms with van der Waals surface area (Å²) in [7, 11) is 1.96. The van der Waals surface area contributed by atoms with Crippen LogP contribution in [-0.2, 0) is 6.18 Å². The van der Waals surface area contributed by atoms with Gasteiger partial charge < -0.3 is 4.90 Å². The van der Waals surface area contributed by atoms with Gasteiger partial charge in [-0.25, -0.2) is 18.9 Å². The van der Waals surface area contributed by atoms with E-state index in [4.69, 9.17) is 0 Å². The average molecular weight is 422 g/mol. The summed E-state index contributed by atoms with van der Waals surface area (Å²) in [6, 6.07) is 6.99. The Morgan fingerprint density at radius 2 is 1.73 bits per heavy atom. The van der Waals surface area contributed by atoms with E-state index in [1.807, 2.05) is 7.05 Å². The maximum absolute atomic E-state index is 13.6. The highest BCUT2D eigenvalue weighted by molar-refractivity contribution is 5.93. The van der Waals surface area contributed by atoms with Gasteiger partial charge in [0.2, 0.25) is 0 Å². The number of likely N-dealkylation sites (N-methyl/N-ethyl adjacent to an activating group) is 1. The third kappa shape index (κ3) is 4.12. The second kappa shape index (κ2) is 7.65. The molecule has 2 aromatic heterocycles. The van der Waals surface area contributed by atoms with Crippen LogP contribution in [0, 0.1) is 5.82 Å². The zero-order chi connectivity index (χ0) is 21.5. The Morgan fingerprint density at radius 3 is 2.37 bits per heavy atom. The van der Waals surface area contributed by atoms with Crippen molar-refractivity contribution in [2.24, 2.45) is 0 Å². The molecule has 0 saturated carbocycles. The number of amides is 1. The molecule has 0 bridgehead atoms. The fourth-order valence-corrected chi connectivity index (χ4v) is 3.18. The molecule has 0 aliphatic carbocycles. The van der Waals surface area contributed by atoms with E-state index >= 15 is 0 Å². The lowest BCUT2D eigenvalue weighted by atomic mass is 10.1. The zero-order valence-corrected chi connectivity index (χ0v) is 15.9. The van der Waals surface area contributed by atoms with Gasteiger partial charge in [0.05, 0.1) is 5.69 Å². The highest BCUT2D eigenvalue weighted by Crippen LogP contribution is 2.32. The van der Waals surface area contributed by atoms with Crippen molar-refractivity contribution in [3.05, 3.63) is 53.6 Å². The Balaban J connectivity index is 1.70. The van der Waals surface area contributed by atoms with Gasteiger partial charge in [0.15, 0.2) is 17.0 Å². The quantitative estimate of drug-likeness (QED) is 0.657. The first-order valence-electron chi connectivity index (χ1n) is 9.19. The van der Waals surface area contributed by atoms with Crippen molar-refractivity contribution >= 4 is 11.6 Å². The molecule has 1 N–H and O–H groups in total. The standard InChI is InChI=1S/C19H18F4N6O/c1-27-6-8-28(9-7-27)26-18(30)15-11-17-24-14(12-2-4-13(20)5-3-12)10-16(19(21,22)23)29(17)25-15/h2-5,10-11H,6-9H2,1H3,(H,26,30). The Hall–Kier alpha value is -3.05. The summed E-state index contributed by atoms with van der Waals surface area (Å²) in [4.78, 5) is 18.8. The number of hydrogen-bond acceptors (Lipinski definition) is 5. The molecule has 1 aliphatic heterocycles. The lowest BCUT2D eigenvalue weighted by molar-refractivity contribution is -0.142. The van der Waals surface area contributed by atoms with Crippen molar-refractivity contribution < 1.29 is 22.4 Å². The number of halogens is 4. The van der Waals surface area contributed by atoms with E-state index in [1.54, 1.807) is 5.01 Å². The lowest BCUT2D eigenvalue weighted by Crippen LogP contribution is -2.52. The minimum Gasteiger partial charge on any atom is -0.304 e. The van der Waals surface area contributed by atoms with Crippen LogP contribution in [0.5, 0.6) is 0 Å². The molecule has 0 radical (unpaired) electrons. The summed E-state index contributed by atoms with van der Waals surface area (Å²) in [5.41, 5.74) is 1.60. The van der Waals surface area contributed by atoms with Crippen molar-refractivity contribution in [3.63, 3.8) is 0 Å². The SMILES string of the molecule is CN1CCN(NC(=O)c2cc3nc(-c4ccc(F)cc4)cc(C(F)(F)F)n3n2)CC1. The summed E-state index contributed by atoms with van der Waals surface area (Å²) in [6.45, 7) is 2.70. The van der Waals surface area contributed by atoms with Gasteiger partial charge in [-0.2, -0.15) is 18.3 Å². The molecular weight excluding hydrogens is 404 g/mol. The van der Waals surface area contributed by atoms with Crippen molar-refractivity contribution in [2.75, 3.05) is 33.2 Å². The second-order valence-electron chi connectivity index (χ2n) is 7.06. The first kappa shape index (κ1) is 20.2. The fourth-order valence-electron chi connectivity index (χ4n) is 3.18. The average Bonchev–Trinajstić information content (AvgIpc) is 3.13. The maximum atomic E-state index is 13.6. The molecule has 3 heterocycles. The molecular formula is C19H18F4N6O. The number of carbonyl (C=O) groups is 1. The van der Waals surface area contributed by atoms with Crippen LogP contribution in [0.1, 0.15) is 16.2 Å². The lowest BCUT2D eigenvalue weighted by Gasteiger charge is -2.32. The molecule has 0 unspecified atom stereocenters. The summed E-state index contributed by atoms with van der Waals surface area (Å²) in [6.07, 6.45) is -4.73. The molecule has 1 amide bonds. The van der Waals surface area contributed by atoms with Crippen LogP contribution >= 0.6 is 0 Å². The number of alkyl halides is 3. The zero-order valence-electron chi connectivity index (χ0n) is 15.9. The summed E-state index contributed by atoms with van der Waals surface area (Å²) < 4.78 is 54.7. The molecule has 11 heteroatoms. The molecule has 30 heavy (non-hydrogen) atoms. The van der Waals surface area contributed by atoms with E-state index in [2.05, 4.69) is 20.4 Å². The summed E-state index contributed by atoms with van der Waals surface area (Å²) >= 11 is 0. The highest BCUT2D eigenvalue weighted by atomic mass is 19.4. The van der Waals surface area contributed by atoms with E-state index in [9.17, 15) is 22.4 Å². The van der Waals surface area contributed by atoms with Gasteiger partial charge in [-0.1, -0.05) is 0 Å². The topological polar surface area (TPSA) is 65.8 Å². The van der Waals surface area contributed by atoms with Crippen LogP contribution in [-0.4, -0.2) is 63.6 Å². The monoisotopic (exact) mass is 422 g/mol. The smallest absolute Gasteiger partial charge is 0.304 e. The maximum Gasteiger partial charge on any atom is 0.433 e. The number of hydrogen-bond donors (Lipinski definition) is 1. The van der Waals surface area contributed by atoms with Gasteiger partial charge in [0, 0.05) is 37.8 Å². The molecule has 1 aliphatic rings. The van der Waals surface area contributed by atoms with Gasteiger partial charge in [0.1, 0.15) is 5.82 Å². The van der Waals surface area contributed by atoms with Crippen LogP contribution < -0.4 is 5.43 Å². The van der Waals surface area contributed by atoms with Crippen molar-refractivity contribution in [2.45, 2.75) is 6.18 Å². The molecule has 3 aromatic rings. The van der Waals surface area contributed by atoms with Crippen molar-refractivity contribution in [3.8, 4) is 11.3 Å². The number of hydrazine groups is 1. The number of fused-ring (bicyclic) bond motifs is 1. The van der Waals surface area contributed by atoms with Crippen molar-refractivity contribution in [1.29, 1.82) is 0 Å². The predicted octanol–water partition coefficient (Wildman–Crippen LogP) is 2.45. The third-order valence-electron chi connectivity index (χ3n) is 4.85. The van der Waals surface area contributed by atoms with Crippen LogP contribution in [0.4, 0.5) is 17.6 Å². The van der Waals surface area contributed by atoms with E-state index in [0.717, 1.165) is 31.3 Å². The van der Waals surface area contributed by atoms with Gasteiger partial charge in [-0.15, -0.1) is 0 Å². The number of carbonyl (C=O) groups excluding carboxylic acids is 1. The summed E-state index contributed by atoms with van der Waals surface area (Å²) in [5.74, 6) is -1.12. The second-order valence-corrected chi connectivity index (χ2v) is 7.06. The number of nitrogens with zero attached hydrogens (tertiary/aromatic N) is 5. The minimum absolute atomic E-state index is 0.000695. The number of piperazine rings is 1. The Labute approximate surface area is 168 Å². The largest absolute Gasteiger partial charge is 0.433 e. The molecule has 0 atom stereocenters. The molecule has 1 aromatic carbocycles. The van der Waals surface area contributed by atoms with Gasteiger partial charge >= 0.3 is 6.18 Å². The predicted molar refractivity (Wildman–Crippen MR) is 99.9 cm³/mol. The first-order chi connectivity index (χ1) is 14.2. The molecule has 7 nitrogen and oxygen atoms in total. The molecule has 4 rings (SSSR count). The van der Waals surface area contributed by atoms with E-state index in [-0.39, 0.29) is 17.0 Å². The van der Waals surface area contributed by atoms with Crippen LogP contribution in [0.2, 0.25) is 0 Å². The van der Waals surface area contributed by atoms with Crippen LogP contribution in [0.25, 0.3) is 16.9 Å². The first-order valence-corrected chi connectivity index (χ1v) is 9.19. The summed E-state index contributed by atoms with van der Waals surface area (Å²) in [5, 5.41) is 5.54.